The van der Waals surface area contributed by atoms with Gasteiger partial charge in [-0.05, 0) is 16.7 Å². The number of non-ortho nitro benzene ring substituents is 1. The molecule has 152 valence electrons. The number of rotatable bonds is 6. The fraction of sp³-hybridized carbons (Fsp3) is 0.174. The van der Waals surface area contributed by atoms with Gasteiger partial charge < -0.3 is 14.2 Å². The number of nitro benzene ring substituents is 1. The molecule has 1 aliphatic rings. The number of benzene rings is 3. The molecule has 1 heterocycles. The average molecular weight is 405 g/mol. The van der Waals surface area contributed by atoms with E-state index in [0.717, 1.165) is 16.7 Å². The van der Waals surface area contributed by atoms with E-state index in [2.05, 4.69) is 0 Å². The molecule has 0 fully saturated rings. The van der Waals surface area contributed by atoms with Gasteiger partial charge in [0.1, 0.15) is 12.4 Å². The molecule has 0 amide bonds. The molecule has 0 N–H and O–H groups in total. The number of esters is 1. The largest absolute Gasteiger partial charge is 0.467 e. The van der Waals surface area contributed by atoms with Gasteiger partial charge in [0.05, 0.1) is 18.0 Å². The molecule has 7 nitrogen and oxygen atoms in total. The van der Waals surface area contributed by atoms with Gasteiger partial charge in [0.25, 0.3) is 5.69 Å². The molecule has 3 aromatic carbocycles. The lowest BCUT2D eigenvalue weighted by molar-refractivity contribution is -0.385. The van der Waals surface area contributed by atoms with Gasteiger partial charge in [0.15, 0.2) is 6.79 Å². The van der Waals surface area contributed by atoms with Crippen LogP contribution in [0.15, 0.2) is 66.7 Å². The van der Waals surface area contributed by atoms with Crippen molar-refractivity contribution in [3.63, 3.8) is 0 Å². The van der Waals surface area contributed by atoms with Gasteiger partial charge in [-0.2, -0.15) is 0 Å². The quantitative estimate of drug-likeness (QED) is 0.343. The minimum Gasteiger partial charge on any atom is -0.467 e. The monoisotopic (exact) mass is 405 g/mol. The van der Waals surface area contributed by atoms with Gasteiger partial charge in [-0.25, -0.2) is 0 Å². The van der Waals surface area contributed by atoms with E-state index >= 15 is 0 Å². The molecule has 30 heavy (non-hydrogen) atoms. The molecule has 0 atom stereocenters. The van der Waals surface area contributed by atoms with Crippen LogP contribution in [0, 0.1) is 10.1 Å². The summed E-state index contributed by atoms with van der Waals surface area (Å²) in [4.78, 5) is 23.0. The van der Waals surface area contributed by atoms with Gasteiger partial charge in [-0.3, -0.25) is 14.9 Å². The maximum Gasteiger partial charge on any atom is 0.310 e. The van der Waals surface area contributed by atoms with Crippen LogP contribution in [0.1, 0.15) is 16.7 Å². The highest BCUT2D eigenvalue weighted by atomic mass is 16.7. The van der Waals surface area contributed by atoms with Crippen LogP contribution >= 0.6 is 0 Å². The predicted octanol–water partition coefficient (Wildman–Crippen LogP) is 4.41. The SMILES string of the molecule is O=C(Cc1ccc(-c2ccccc2)cc1)OCc1cc([N+](=O)[O-])cc2c1OCOC2. The second kappa shape index (κ2) is 8.75. The minimum absolute atomic E-state index is 0.0551. The summed E-state index contributed by atoms with van der Waals surface area (Å²) in [7, 11) is 0. The van der Waals surface area contributed by atoms with Crippen LogP contribution in [-0.4, -0.2) is 17.7 Å². The van der Waals surface area contributed by atoms with Crippen LogP contribution in [-0.2, 0) is 33.9 Å². The Morgan fingerprint density at radius 1 is 1.03 bits per heavy atom. The molecule has 0 aromatic heterocycles. The van der Waals surface area contributed by atoms with Crippen LogP contribution in [0.5, 0.6) is 5.75 Å². The van der Waals surface area contributed by atoms with E-state index in [4.69, 9.17) is 14.2 Å². The number of ether oxygens (including phenoxy) is 3. The molecule has 3 aromatic rings. The molecule has 0 saturated heterocycles. The second-order valence-corrected chi connectivity index (χ2v) is 6.86. The van der Waals surface area contributed by atoms with E-state index in [1.807, 2.05) is 54.6 Å². The van der Waals surface area contributed by atoms with Crippen LogP contribution < -0.4 is 4.74 Å². The first-order chi connectivity index (χ1) is 14.6. The zero-order chi connectivity index (χ0) is 20.9. The first-order valence-electron chi connectivity index (χ1n) is 9.41. The Balaban J connectivity index is 1.41. The van der Waals surface area contributed by atoms with Crippen molar-refractivity contribution < 1.29 is 23.9 Å². The number of nitro groups is 1. The number of nitrogens with zero attached hydrogens (tertiary/aromatic N) is 1. The van der Waals surface area contributed by atoms with Crippen molar-refractivity contribution in [2.45, 2.75) is 19.6 Å². The molecule has 0 unspecified atom stereocenters. The van der Waals surface area contributed by atoms with Gasteiger partial charge >= 0.3 is 5.97 Å². The number of hydrogen-bond acceptors (Lipinski definition) is 6. The third-order valence-corrected chi connectivity index (χ3v) is 4.78. The van der Waals surface area contributed by atoms with E-state index in [-0.39, 0.29) is 32.1 Å². The van der Waals surface area contributed by atoms with Crippen molar-refractivity contribution in [3.8, 4) is 16.9 Å². The zero-order valence-electron chi connectivity index (χ0n) is 16.1. The molecule has 0 spiro atoms. The maximum atomic E-state index is 12.3. The Bertz CT molecular complexity index is 1060. The van der Waals surface area contributed by atoms with E-state index in [1.54, 1.807) is 0 Å². The third kappa shape index (κ3) is 4.47. The van der Waals surface area contributed by atoms with Crippen molar-refractivity contribution in [1.29, 1.82) is 0 Å². The Labute approximate surface area is 173 Å². The van der Waals surface area contributed by atoms with E-state index < -0.39 is 10.9 Å². The molecule has 0 bridgehead atoms. The predicted molar refractivity (Wildman–Crippen MR) is 109 cm³/mol. The number of fused-ring (bicyclic) bond motifs is 1. The molecule has 0 saturated carbocycles. The molecule has 0 radical (unpaired) electrons. The molecule has 4 rings (SSSR count). The highest BCUT2D eigenvalue weighted by molar-refractivity contribution is 5.73. The van der Waals surface area contributed by atoms with E-state index in [9.17, 15) is 14.9 Å². The number of carbonyl (C=O) groups excluding carboxylic acids is 1. The Hall–Kier alpha value is -3.71. The Morgan fingerprint density at radius 3 is 2.50 bits per heavy atom. The lowest BCUT2D eigenvalue weighted by Gasteiger charge is -2.20. The average Bonchev–Trinajstić information content (AvgIpc) is 2.78. The van der Waals surface area contributed by atoms with E-state index in [1.165, 1.54) is 12.1 Å². The van der Waals surface area contributed by atoms with Crippen LogP contribution in [0.3, 0.4) is 0 Å². The first kappa shape index (κ1) is 19.6. The van der Waals surface area contributed by atoms with Crippen molar-refractivity contribution in [3.05, 3.63) is 93.5 Å². The topological polar surface area (TPSA) is 87.9 Å². The van der Waals surface area contributed by atoms with E-state index in [0.29, 0.717) is 16.9 Å². The normalized spacial score (nSPS) is 12.5. The maximum absolute atomic E-state index is 12.3. The van der Waals surface area contributed by atoms with Crippen molar-refractivity contribution in [1.82, 2.24) is 0 Å². The molecule has 0 aliphatic carbocycles. The van der Waals surface area contributed by atoms with Crippen LogP contribution in [0.25, 0.3) is 11.1 Å². The molecular weight excluding hydrogens is 386 g/mol. The van der Waals surface area contributed by atoms with Gasteiger partial charge in [0, 0.05) is 23.3 Å². The van der Waals surface area contributed by atoms with Gasteiger partial charge in [-0.1, -0.05) is 54.6 Å². The summed E-state index contributed by atoms with van der Waals surface area (Å²) < 4.78 is 16.0. The number of carbonyl (C=O) groups is 1. The second-order valence-electron chi connectivity index (χ2n) is 6.86. The molecular formula is C23H19NO6. The summed E-state index contributed by atoms with van der Waals surface area (Å²) in [5.74, 6) is 0.0571. The minimum atomic E-state index is -0.492. The van der Waals surface area contributed by atoms with Crippen LogP contribution in [0.2, 0.25) is 0 Å². The fourth-order valence-corrected chi connectivity index (χ4v) is 3.32. The zero-order valence-corrected chi connectivity index (χ0v) is 16.1. The molecule has 7 heteroatoms. The van der Waals surface area contributed by atoms with Crippen molar-refractivity contribution >= 4 is 11.7 Å². The van der Waals surface area contributed by atoms with Gasteiger partial charge in [0.2, 0.25) is 0 Å². The third-order valence-electron chi connectivity index (χ3n) is 4.78. The fourth-order valence-electron chi connectivity index (χ4n) is 3.32. The molecule has 1 aliphatic heterocycles. The first-order valence-corrected chi connectivity index (χ1v) is 9.41. The van der Waals surface area contributed by atoms with Gasteiger partial charge in [-0.15, -0.1) is 0 Å². The number of hydrogen-bond donors (Lipinski definition) is 0. The lowest BCUT2D eigenvalue weighted by atomic mass is 10.0. The summed E-state index contributed by atoms with van der Waals surface area (Å²) in [5.41, 5.74) is 3.92. The summed E-state index contributed by atoms with van der Waals surface area (Å²) >= 11 is 0. The highest BCUT2D eigenvalue weighted by Crippen LogP contribution is 2.33. The summed E-state index contributed by atoms with van der Waals surface area (Å²) in [6.45, 7) is 0.163. The Kier molecular flexibility index (Phi) is 5.72. The smallest absolute Gasteiger partial charge is 0.310 e. The standard InChI is InChI=1S/C23H19NO6/c25-22(10-16-6-8-18(9-7-16)17-4-2-1-3-5-17)29-14-20-12-21(24(26)27)11-19-13-28-15-30-23(19)20/h1-9,11-12H,10,13-15H2. The van der Waals surface area contributed by atoms with Crippen LogP contribution in [0.4, 0.5) is 5.69 Å². The lowest BCUT2D eigenvalue weighted by Crippen LogP contribution is -2.15. The highest BCUT2D eigenvalue weighted by Gasteiger charge is 2.21. The van der Waals surface area contributed by atoms with Crippen molar-refractivity contribution in [2.75, 3.05) is 6.79 Å². The summed E-state index contributed by atoms with van der Waals surface area (Å²) in [6, 6.07) is 20.4. The Morgan fingerprint density at radius 2 is 1.77 bits per heavy atom. The van der Waals surface area contributed by atoms with Crippen molar-refractivity contribution in [2.24, 2.45) is 0 Å². The summed E-state index contributed by atoms with van der Waals surface area (Å²) in [6.07, 6.45) is 0.107. The summed E-state index contributed by atoms with van der Waals surface area (Å²) in [5, 5.41) is 11.2.